The lowest BCUT2D eigenvalue weighted by Gasteiger charge is -1.96. The fraction of sp³-hybridized carbons (Fsp3) is 0.231. The van der Waals surface area contributed by atoms with Crippen molar-refractivity contribution in [3.63, 3.8) is 0 Å². The van der Waals surface area contributed by atoms with Crippen molar-refractivity contribution in [1.29, 1.82) is 0 Å². The Labute approximate surface area is 80.6 Å². The van der Waals surface area contributed by atoms with Crippen LogP contribution >= 0.6 is 0 Å². The Kier molecular flexibility index (Phi) is 4.04. The third kappa shape index (κ3) is 3.75. The first-order valence-electron chi connectivity index (χ1n) is 4.66. The van der Waals surface area contributed by atoms with Crippen LogP contribution in [0.2, 0.25) is 0 Å². The maximum Gasteiger partial charge on any atom is -0.0138 e. The van der Waals surface area contributed by atoms with Crippen LogP contribution in [0.15, 0.2) is 48.1 Å². The summed E-state index contributed by atoms with van der Waals surface area (Å²) in [6, 6.07) is 10.4. The Morgan fingerprint density at radius 1 is 1.23 bits per heavy atom. The average molecular weight is 172 g/mol. The van der Waals surface area contributed by atoms with E-state index in [9.17, 15) is 0 Å². The number of benzene rings is 1. The van der Waals surface area contributed by atoms with Gasteiger partial charge in [0.25, 0.3) is 0 Å². The van der Waals surface area contributed by atoms with E-state index in [1.54, 1.807) is 0 Å². The molecule has 0 saturated heterocycles. The monoisotopic (exact) mass is 172 g/mol. The molecule has 0 saturated carbocycles. The lowest BCUT2D eigenvalue weighted by molar-refractivity contribution is 1.22. The molecule has 68 valence electrons. The van der Waals surface area contributed by atoms with Gasteiger partial charge in [-0.25, -0.2) is 0 Å². The Morgan fingerprint density at radius 3 is 2.54 bits per heavy atom. The van der Waals surface area contributed by atoms with E-state index >= 15 is 0 Å². The Balaban J connectivity index is 2.65. The summed E-state index contributed by atoms with van der Waals surface area (Å²) in [7, 11) is 0. The van der Waals surface area contributed by atoms with Gasteiger partial charge in [0.15, 0.2) is 0 Å². The molecule has 1 aromatic carbocycles. The number of rotatable bonds is 3. The molecule has 0 heterocycles. The third-order valence-electron chi connectivity index (χ3n) is 1.89. The second kappa shape index (κ2) is 5.36. The molecule has 0 nitrogen and oxygen atoms in total. The predicted octanol–water partition coefficient (Wildman–Crippen LogP) is 4.06. The van der Waals surface area contributed by atoms with Crippen molar-refractivity contribution in [3.05, 3.63) is 53.6 Å². The summed E-state index contributed by atoms with van der Waals surface area (Å²) in [5.41, 5.74) is 2.67. The highest BCUT2D eigenvalue weighted by atomic mass is 13.9. The highest BCUT2D eigenvalue weighted by Gasteiger charge is 1.87. The maximum atomic E-state index is 2.22. The first kappa shape index (κ1) is 9.79. The normalized spacial score (nSPS) is 12.3. The molecular formula is C13H16. The summed E-state index contributed by atoms with van der Waals surface area (Å²) >= 11 is 0. The third-order valence-corrected chi connectivity index (χ3v) is 1.89. The van der Waals surface area contributed by atoms with Gasteiger partial charge in [-0.2, -0.15) is 0 Å². The molecule has 1 aromatic rings. The second-order valence-electron chi connectivity index (χ2n) is 3.17. The fourth-order valence-electron chi connectivity index (χ4n) is 1.20. The molecule has 0 aliphatic carbocycles. The highest BCUT2D eigenvalue weighted by molar-refractivity contribution is 5.52. The van der Waals surface area contributed by atoms with E-state index in [-0.39, 0.29) is 0 Å². The smallest absolute Gasteiger partial charge is 0.0138 e. The quantitative estimate of drug-likeness (QED) is 0.603. The average Bonchev–Trinajstić information content (AvgIpc) is 2.16. The molecule has 0 spiro atoms. The van der Waals surface area contributed by atoms with E-state index in [0.717, 1.165) is 6.42 Å². The van der Waals surface area contributed by atoms with Crippen molar-refractivity contribution in [2.75, 3.05) is 0 Å². The standard InChI is InChI=1S/C13H16/c1-3-4-8-12(2)11-13-9-6-5-7-10-13/h3-7,9-11H,8H2,1-2H3/b4-3+,12-11+. The van der Waals surface area contributed by atoms with Crippen LogP contribution in [0, 0.1) is 0 Å². The topological polar surface area (TPSA) is 0 Å². The molecule has 0 atom stereocenters. The molecule has 0 heteroatoms. The van der Waals surface area contributed by atoms with Gasteiger partial charge >= 0.3 is 0 Å². The van der Waals surface area contributed by atoms with Crippen molar-refractivity contribution in [3.8, 4) is 0 Å². The minimum absolute atomic E-state index is 1.05. The molecular weight excluding hydrogens is 156 g/mol. The zero-order valence-corrected chi connectivity index (χ0v) is 8.33. The SMILES string of the molecule is C/C=C/C/C(C)=C/c1ccccc1. The molecule has 13 heavy (non-hydrogen) atoms. The van der Waals surface area contributed by atoms with Gasteiger partial charge in [0, 0.05) is 0 Å². The van der Waals surface area contributed by atoms with Gasteiger partial charge in [-0.3, -0.25) is 0 Å². The van der Waals surface area contributed by atoms with Crippen LogP contribution in [0.4, 0.5) is 0 Å². The number of hydrogen-bond donors (Lipinski definition) is 0. The highest BCUT2D eigenvalue weighted by Crippen LogP contribution is 2.09. The number of allylic oxidation sites excluding steroid dienone is 3. The molecule has 0 unspecified atom stereocenters. The molecule has 0 aromatic heterocycles. The summed E-state index contributed by atoms with van der Waals surface area (Å²) in [4.78, 5) is 0. The second-order valence-corrected chi connectivity index (χ2v) is 3.17. The molecule has 0 radical (unpaired) electrons. The van der Waals surface area contributed by atoms with Crippen molar-refractivity contribution in [2.45, 2.75) is 20.3 Å². The molecule has 0 amide bonds. The van der Waals surface area contributed by atoms with Crippen LogP contribution in [0.3, 0.4) is 0 Å². The molecule has 0 N–H and O–H groups in total. The van der Waals surface area contributed by atoms with Gasteiger partial charge in [0.2, 0.25) is 0 Å². The van der Waals surface area contributed by atoms with Crippen LogP contribution in [0.5, 0.6) is 0 Å². The first-order chi connectivity index (χ1) is 6.33. The van der Waals surface area contributed by atoms with Crippen LogP contribution in [0.25, 0.3) is 6.08 Å². The Morgan fingerprint density at radius 2 is 1.92 bits per heavy atom. The van der Waals surface area contributed by atoms with Crippen molar-refractivity contribution < 1.29 is 0 Å². The molecule has 0 fully saturated rings. The zero-order valence-electron chi connectivity index (χ0n) is 8.33. The molecule has 1 rings (SSSR count). The minimum Gasteiger partial charge on any atom is -0.0913 e. The van der Waals surface area contributed by atoms with E-state index in [1.807, 2.05) is 6.07 Å². The molecule has 0 bridgehead atoms. The van der Waals surface area contributed by atoms with E-state index in [1.165, 1.54) is 11.1 Å². The van der Waals surface area contributed by atoms with Crippen LogP contribution < -0.4 is 0 Å². The minimum atomic E-state index is 1.05. The lowest BCUT2D eigenvalue weighted by atomic mass is 10.1. The van der Waals surface area contributed by atoms with Crippen LogP contribution in [-0.4, -0.2) is 0 Å². The van der Waals surface area contributed by atoms with Crippen LogP contribution in [0.1, 0.15) is 25.8 Å². The summed E-state index contributed by atoms with van der Waals surface area (Å²) in [5.74, 6) is 0. The van der Waals surface area contributed by atoms with Gasteiger partial charge in [0.1, 0.15) is 0 Å². The van der Waals surface area contributed by atoms with Crippen molar-refractivity contribution in [2.24, 2.45) is 0 Å². The van der Waals surface area contributed by atoms with Crippen LogP contribution in [-0.2, 0) is 0 Å². The Hall–Kier alpha value is -1.30. The van der Waals surface area contributed by atoms with E-state index < -0.39 is 0 Å². The van der Waals surface area contributed by atoms with E-state index in [4.69, 9.17) is 0 Å². The predicted molar refractivity (Wildman–Crippen MR) is 59.5 cm³/mol. The largest absolute Gasteiger partial charge is 0.0913 e. The van der Waals surface area contributed by atoms with Gasteiger partial charge in [0.05, 0.1) is 0 Å². The molecule has 0 aliphatic heterocycles. The van der Waals surface area contributed by atoms with E-state index in [0.29, 0.717) is 0 Å². The first-order valence-corrected chi connectivity index (χ1v) is 4.66. The van der Waals surface area contributed by atoms with Gasteiger partial charge in [-0.1, -0.05) is 54.1 Å². The van der Waals surface area contributed by atoms with Crippen molar-refractivity contribution >= 4 is 6.08 Å². The summed E-state index contributed by atoms with van der Waals surface area (Å²) in [5, 5.41) is 0. The lowest BCUT2D eigenvalue weighted by Crippen LogP contribution is -1.74. The number of hydrogen-bond acceptors (Lipinski definition) is 0. The maximum absolute atomic E-state index is 2.22. The van der Waals surface area contributed by atoms with Gasteiger partial charge < -0.3 is 0 Å². The zero-order chi connectivity index (χ0) is 9.52. The summed E-state index contributed by atoms with van der Waals surface area (Å²) in [6.07, 6.45) is 7.53. The summed E-state index contributed by atoms with van der Waals surface area (Å²) < 4.78 is 0. The fourth-order valence-corrected chi connectivity index (χ4v) is 1.20. The summed E-state index contributed by atoms with van der Waals surface area (Å²) in [6.45, 7) is 4.21. The molecule has 0 aliphatic rings. The van der Waals surface area contributed by atoms with Gasteiger partial charge in [-0.15, -0.1) is 0 Å². The van der Waals surface area contributed by atoms with Gasteiger partial charge in [-0.05, 0) is 25.8 Å². The Bertz CT molecular complexity index is 291. The van der Waals surface area contributed by atoms with E-state index in [2.05, 4.69) is 56.3 Å². The van der Waals surface area contributed by atoms with Crippen molar-refractivity contribution in [1.82, 2.24) is 0 Å².